The predicted molar refractivity (Wildman–Crippen MR) is 94.7 cm³/mol. The Morgan fingerprint density at radius 1 is 1.20 bits per heavy atom. The summed E-state index contributed by atoms with van der Waals surface area (Å²) in [5.74, 6) is 0. The van der Waals surface area contributed by atoms with Gasteiger partial charge in [0, 0.05) is 11.1 Å². The molecule has 0 aromatic heterocycles. The van der Waals surface area contributed by atoms with Crippen molar-refractivity contribution in [3.05, 3.63) is 63.2 Å². The summed E-state index contributed by atoms with van der Waals surface area (Å²) in [6.45, 7) is 0.870. The first-order chi connectivity index (χ1) is 11.7. The van der Waals surface area contributed by atoms with Crippen molar-refractivity contribution in [2.45, 2.75) is 11.8 Å². The van der Waals surface area contributed by atoms with Gasteiger partial charge >= 0.3 is 0 Å². The highest BCUT2D eigenvalue weighted by atomic mass is 35.5. The molecule has 0 fully saturated rings. The second kappa shape index (κ2) is 7.38. The zero-order chi connectivity index (χ0) is 18.8. The first kappa shape index (κ1) is 19.2. The molecule has 0 aliphatic carbocycles. The standard InChI is InChI=1S/C15H12Cl2N2O5S/c1-10-11(16)5-4-7-12(10)18(9-15(17)20)25(23,24)14-8-3-2-6-13(14)19(21)22/h2-8H,9H2,1H3. The first-order valence-corrected chi connectivity index (χ1v) is 9.05. The number of nitro benzene ring substituents is 1. The van der Waals surface area contributed by atoms with Gasteiger partial charge in [-0.15, -0.1) is 0 Å². The molecule has 0 saturated carbocycles. The number of carbonyl (C=O) groups excluding carboxylic acids is 1. The maximum absolute atomic E-state index is 13.0. The van der Waals surface area contributed by atoms with E-state index in [1.807, 2.05) is 0 Å². The molecule has 132 valence electrons. The zero-order valence-corrected chi connectivity index (χ0v) is 15.2. The van der Waals surface area contributed by atoms with Crippen LogP contribution in [0.4, 0.5) is 11.4 Å². The Kier molecular flexibility index (Phi) is 5.66. The number of nitrogens with zero attached hydrogens (tertiary/aromatic N) is 2. The number of benzene rings is 2. The summed E-state index contributed by atoms with van der Waals surface area (Å²) >= 11 is 11.4. The summed E-state index contributed by atoms with van der Waals surface area (Å²) in [5.41, 5.74) is -0.0990. The van der Waals surface area contributed by atoms with Crippen LogP contribution in [0.5, 0.6) is 0 Å². The van der Waals surface area contributed by atoms with Crippen molar-refractivity contribution in [1.29, 1.82) is 0 Å². The quantitative estimate of drug-likeness (QED) is 0.418. The molecular weight excluding hydrogens is 391 g/mol. The highest BCUT2D eigenvalue weighted by Gasteiger charge is 2.33. The van der Waals surface area contributed by atoms with E-state index >= 15 is 0 Å². The number of sulfonamides is 1. The van der Waals surface area contributed by atoms with E-state index < -0.39 is 37.3 Å². The predicted octanol–water partition coefficient (Wildman–Crippen LogP) is 3.52. The third-order valence-electron chi connectivity index (χ3n) is 3.41. The molecule has 2 aromatic carbocycles. The van der Waals surface area contributed by atoms with Gasteiger partial charge in [0.25, 0.3) is 15.7 Å². The van der Waals surface area contributed by atoms with Crippen molar-refractivity contribution < 1.29 is 18.1 Å². The van der Waals surface area contributed by atoms with Crippen molar-refractivity contribution in [3.8, 4) is 0 Å². The maximum Gasteiger partial charge on any atom is 0.289 e. The SMILES string of the molecule is Cc1c(Cl)cccc1N(CC(=O)Cl)S(=O)(=O)c1ccccc1[N+](=O)[O-]. The van der Waals surface area contributed by atoms with E-state index in [0.29, 0.717) is 9.87 Å². The lowest BCUT2D eigenvalue weighted by atomic mass is 10.2. The Bertz CT molecular complexity index is 947. The average Bonchev–Trinajstić information content (AvgIpc) is 2.55. The maximum atomic E-state index is 13.0. The van der Waals surface area contributed by atoms with E-state index in [4.69, 9.17) is 23.2 Å². The first-order valence-electron chi connectivity index (χ1n) is 6.86. The molecule has 0 unspecified atom stereocenters. The van der Waals surface area contributed by atoms with Crippen LogP contribution in [0.15, 0.2) is 47.4 Å². The van der Waals surface area contributed by atoms with E-state index in [9.17, 15) is 23.3 Å². The molecule has 10 heteroatoms. The van der Waals surface area contributed by atoms with Crippen LogP contribution in [0.3, 0.4) is 0 Å². The molecule has 2 aromatic rings. The van der Waals surface area contributed by atoms with Crippen molar-refractivity contribution in [2.24, 2.45) is 0 Å². The molecule has 0 amide bonds. The fraction of sp³-hybridized carbons (Fsp3) is 0.133. The summed E-state index contributed by atoms with van der Waals surface area (Å²) in [4.78, 5) is 21.2. The Balaban J connectivity index is 2.72. The second-order valence-corrected chi connectivity index (χ2v) is 7.64. The minimum Gasteiger partial charge on any atom is -0.279 e. The van der Waals surface area contributed by atoms with Crippen LogP contribution in [0, 0.1) is 17.0 Å². The third-order valence-corrected chi connectivity index (χ3v) is 5.74. The van der Waals surface area contributed by atoms with Gasteiger partial charge in [0.2, 0.25) is 5.24 Å². The molecule has 0 aliphatic rings. The van der Waals surface area contributed by atoms with Gasteiger partial charge in [-0.1, -0.05) is 29.8 Å². The number of rotatable bonds is 6. The van der Waals surface area contributed by atoms with Crippen LogP contribution in [0.2, 0.25) is 5.02 Å². The minimum absolute atomic E-state index is 0.111. The normalized spacial score (nSPS) is 11.2. The molecule has 0 atom stereocenters. The summed E-state index contributed by atoms with van der Waals surface area (Å²) < 4.78 is 26.8. The molecule has 0 radical (unpaired) electrons. The molecule has 0 spiro atoms. The van der Waals surface area contributed by atoms with Crippen LogP contribution in [0.25, 0.3) is 0 Å². The van der Waals surface area contributed by atoms with Gasteiger partial charge in [-0.25, -0.2) is 8.42 Å². The van der Waals surface area contributed by atoms with Gasteiger partial charge in [-0.3, -0.25) is 19.2 Å². The second-order valence-electron chi connectivity index (χ2n) is 4.98. The van der Waals surface area contributed by atoms with E-state index in [2.05, 4.69) is 0 Å². The molecule has 0 aliphatic heterocycles. The number of anilines is 1. The Hall–Kier alpha value is -2.16. The fourth-order valence-electron chi connectivity index (χ4n) is 2.22. The average molecular weight is 403 g/mol. The van der Waals surface area contributed by atoms with Crippen LogP contribution in [-0.2, 0) is 14.8 Å². The Labute approximate surface area is 154 Å². The van der Waals surface area contributed by atoms with E-state index in [1.165, 1.54) is 24.3 Å². The Morgan fingerprint density at radius 3 is 2.44 bits per heavy atom. The molecule has 0 N–H and O–H groups in total. The summed E-state index contributed by atoms with van der Waals surface area (Å²) in [6, 6.07) is 9.36. The fourth-order valence-corrected chi connectivity index (χ4v) is 4.22. The zero-order valence-electron chi connectivity index (χ0n) is 12.8. The van der Waals surface area contributed by atoms with Crippen LogP contribution >= 0.6 is 23.2 Å². The van der Waals surface area contributed by atoms with Gasteiger partial charge in [0.1, 0.15) is 6.54 Å². The molecule has 2 rings (SSSR count). The van der Waals surface area contributed by atoms with Crippen molar-refractivity contribution in [2.75, 3.05) is 10.8 Å². The summed E-state index contributed by atoms with van der Waals surface area (Å²) in [7, 11) is -4.44. The van der Waals surface area contributed by atoms with Gasteiger partial charge in [-0.05, 0) is 42.3 Å². The lowest BCUT2D eigenvalue weighted by molar-refractivity contribution is -0.387. The van der Waals surface area contributed by atoms with Crippen molar-refractivity contribution in [1.82, 2.24) is 0 Å². The van der Waals surface area contributed by atoms with Crippen LogP contribution < -0.4 is 4.31 Å². The largest absolute Gasteiger partial charge is 0.289 e. The molecule has 0 heterocycles. The minimum atomic E-state index is -4.44. The summed E-state index contributed by atoms with van der Waals surface area (Å²) in [6.07, 6.45) is 0. The number of halogens is 2. The lowest BCUT2D eigenvalue weighted by Gasteiger charge is -2.24. The lowest BCUT2D eigenvalue weighted by Crippen LogP contribution is -2.35. The number of hydrogen-bond acceptors (Lipinski definition) is 5. The van der Waals surface area contributed by atoms with Gasteiger partial charge in [0.15, 0.2) is 4.90 Å². The smallest absolute Gasteiger partial charge is 0.279 e. The Morgan fingerprint density at radius 2 is 1.84 bits per heavy atom. The molecular formula is C15H12Cl2N2O5S. The van der Waals surface area contributed by atoms with E-state index in [-0.39, 0.29) is 10.7 Å². The highest BCUT2D eigenvalue weighted by Crippen LogP contribution is 2.33. The highest BCUT2D eigenvalue weighted by molar-refractivity contribution is 7.93. The van der Waals surface area contributed by atoms with Crippen molar-refractivity contribution in [3.63, 3.8) is 0 Å². The number of hydrogen-bond donors (Lipinski definition) is 0. The number of nitro groups is 1. The molecule has 25 heavy (non-hydrogen) atoms. The van der Waals surface area contributed by atoms with Gasteiger partial charge < -0.3 is 0 Å². The van der Waals surface area contributed by atoms with Crippen molar-refractivity contribution >= 4 is 49.8 Å². The van der Waals surface area contributed by atoms with Gasteiger partial charge in [0.05, 0.1) is 10.6 Å². The third kappa shape index (κ3) is 3.92. The molecule has 0 saturated heterocycles. The number of para-hydroxylation sites is 1. The van der Waals surface area contributed by atoms with E-state index in [0.717, 1.165) is 12.1 Å². The molecule has 7 nitrogen and oxygen atoms in total. The summed E-state index contributed by atoms with van der Waals surface area (Å²) in [5, 5.41) is 10.5. The number of carbonyl (C=O) groups is 1. The van der Waals surface area contributed by atoms with Crippen LogP contribution in [-0.4, -0.2) is 25.1 Å². The van der Waals surface area contributed by atoms with Crippen LogP contribution in [0.1, 0.15) is 5.56 Å². The van der Waals surface area contributed by atoms with Gasteiger partial charge in [-0.2, -0.15) is 0 Å². The van der Waals surface area contributed by atoms with E-state index in [1.54, 1.807) is 13.0 Å². The monoisotopic (exact) mass is 402 g/mol. The molecule has 0 bridgehead atoms. The topological polar surface area (TPSA) is 97.6 Å².